The lowest BCUT2D eigenvalue weighted by atomic mass is 10.2. The molecule has 0 aliphatic carbocycles. The molecule has 5 heteroatoms. The van der Waals surface area contributed by atoms with Crippen LogP contribution in [0, 0.1) is 0 Å². The van der Waals surface area contributed by atoms with Gasteiger partial charge in [0.25, 0.3) is 10.0 Å². The average Bonchev–Trinajstić information content (AvgIpc) is 2.39. The molecule has 0 aliphatic rings. The summed E-state index contributed by atoms with van der Waals surface area (Å²) in [7, 11) is -3.51. The van der Waals surface area contributed by atoms with Crippen molar-refractivity contribution < 1.29 is 8.42 Å². The van der Waals surface area contributed by atoms with Crippen LogP contribution in [0.2, 0.25) is 0 Å². The van der Waals surface area contributed by atoms with Crippen molar-refractivity contribution in [2.45, 2.75) is 43.9 Å². The Morgan fingerprint density at radius 3 is 2.56 bits per heavy atom. The summed E-state index contributed by atoms with van der Waals surface area (Å²) in [6.07, 6.45) is 7.03. The monoisotopic (exact) mass is 268 g/mol. The molecule has 0 fully saturated rings. The molecule has 100 valence electrons. The van der Waals surface area contributed by atoms with Gasteiger partial charge in [-0.05, 0) is 25.0 Å². The van der Waals surface area contributed by atoms with Crippen molar-refractivity contribution in [2.75, 3.05) is 0 Å². The van der Waals surface area contributed by atoms with E-state index in [9.17, 15) is 8.42 Å². The first kappa shape index (κ1) is 14.7. The van der Waals surface area contributed by atoms with Crippen molar-refractivity contribution >= 4 is 16.2 Å². The Kier molecular flexibility index (Phi) is 6.43. The first-order valence-electron chi connectivity index (χ1n) is 6.25. The van der Waals surface area contributed by atoms with E-state index >= 15 is 0 Å². The normalized spacial score (nSPS) is 11.8. The zero-order valence-electron chi connectivity index (χ0n) is 10.7. The van der Waals surface area contributed by atoms with Crippen LogP contribution in [0.3, 0.4) is 0 Å². The molecule has 0 heterocycles. The van der Waals surface area contributed by atoms with Crippen LogP contribution >= 0.6 is 0 Å². The molecule has 0 saturated heterocycles. The van der Waals surface area contributed by atoms with Gasteiger partial charge >= 0.3 is 0 Å². The Labute approximate surface area is 109 Å². The molecule has 0 saturated carbocycles. The third-order valence-electron chi connectivity index (χ3n) is 2.50. The summed E-state index contributed by atoms with van der Waals surface area (Å²) in [6, 6.07) is 8.22. The maximum absolute atomic E-state index is 11.7. The molecule has 1 aromatic carbocycles. The number of rotatable bonds is 8. The van der Waals surface area contributed by atoms with Crippen LogP contribution in [-0.4, -0.2) is 14.6 Å². The minimum Gasteiger partial charge on any atom is -0.200 e. The molecular weight excluding hydrogens is 248 g/mol. The molecule has 0 aromatic heterocycles. The number of hydrogen-bond donors (Lipinski definition) is 1. The second kappa shape index (κ2) is 7.87. The average molecular weight is 268 g/mol. The summed E-state index contributed by atoms with van der Waals surface area (Å²) in [6.45, 7) is 2.15. The van der Waals surface area contributed by atoms with Crippen molar-refractivity contribution in [3.05, 3.63) is 30.3 Å². The second-order valence-corrected chi connectivity index (χ2v) is 5.73. The van der Waals surface area contributed by atoms with Crippen molar-refractivity contribution in [3.63, 3.8) is 0 Å². The molecule has 4 nitrogen and oxygen atoms in total. The Bertz CT molecular complexity index is 455. The highest BCUT2D eigenvalue weighted by atomic mass is 32.2. The fraction of sp³-hybridized carbons (Fsp3) is 0.462. The Hall–Kier alpha value is -1.36. The van der Waals surface area contributed by atoms with Gasteiger partial charge in [-0.2, -0.15) is 13.5 Å². The molecule has 1 aromatic rings. The smallest absolute Gasteiger partial charge is 0.200 e. The van der Waals surface area contributed by atoms with Crippen molar-refractivity contribution in [2.24, 2.45) is 5.10 Å². The van der Waals surface area contributed by atoms with E-state index in [0.717, 1.165) is 19.3 Å². The summed E-state index contributed by atoms with van der Waals surface area (Å²) in [5.74, 6) is 0. The van der Waals surface area contributed by atoms with Crippen LogP contribution in [0.15, 0.2) is 40.3 Å². The van der Waals surface area contributed by atoms with E-state index < -0.39 is 10.0 Å². The standard InChI is InChI=1S/C13H20N2O2S/c1-2-3-4-5-9-12-14-15-18(16,17)13-10-7-6-8-11-13/h6-8,10-12,15H,2-5,9H2,1H3/b14-12+. The lowest BCUT2D eigenvalue weighted by molar-refractivity contribution is 0.584. The zero-order chi connectivity index (χ0) is 13.3. The Balaban J connectivity index is 2.36. The van der Waals surface area contributed by atoms with Crippen LogP contribution in [0.1, 0.15) is 39.0 Å². The van der Waals surface area contributed by atoms with Crippen LogP contribution in [0.4, 0.5) is 0 Å². The quantitative estimate of drug-likeness (QED) is 0.448. The van der Waals surface area contributed by atoms with Crippen LogP contribution in [0.25, 0.3) is 0 Å². The van der Waals surface area contributed by atoms with Gasteiger partial charge in [0.15, 0.2) is 0 Å². The minimum absolute atomic E-state index is 0.230. The van der Waals surface area contributed by atoms with Crippen molar-refractivity contribution in [3.8, 4) is 0 Å². The zero-order valence-corrected chi connectivity index (χ0v) is 11.5. The van der Waals surface area contributed by atoms with Crippen LogP contribution in [0.5, 0.6) is 0 Å². The summed E-state index contributed by atoms with van der Waals surface area (Å²) in [5, 5.41) is 3.75. The van der Waals surface area contributed by atoms with Crippen molar-refractivity contribution in [1.82, 2.24) is 4.83 Å². The van der Waals surface area contributed by atoms with E-state index in [2.05, 4.69) is 16.9 Å². The van der Waals surface area contributed by atoms with Gasteiger partial charge in [-0.3, -0.25) is 0 Å². The first-order chi connectivity index (χ1) is 8.67. The third kappa shape index (κ3) is 5.31. The van der Waals surface area contributed by atoms with E-state index in [-0.39, 0.29) is 4.90 Å². The van der Waals surface area contributed by atoms with Crippen molar-refractivity contribution in [1.29, 1.82) is 0 Å². The van der Waals surface area contributed by atoms with Gasteiger partial charge in [0.1, 0.15) is 0 Å². The molecule has 0 spiro atoms. The maximum Gasteiger partial charge on any atom is 0.276 e. The van der Waals surface area contributed by atoms with Gasteiger partial charge in [0.05, 0.1) is 4.90 Å². The molecule has 0 atom stereocenters. The Morgan fingerprint density at radius 2 is 1.89 bits per heavy atom. The SMILES string of the molecule is CCCCCC/C=N/NS(=O)(=O)c1ccccc1. The predicted octanol–water partition coefficient (Wildman–Crippen LogP) is 2.92. The lowest BCUT2D eigenvalue weighted by Gasteiger charge is -2.02. The molecule has 18 heavy (non-hydrogen) atoms. The van der Waals surface area contributed by atoms with Crippen LogP contribution < -0.4 is 4.83 Å². The highest BCUT2D eigenvalue weighted by molar-refractivity contribution is 7.89. The number of nitrogens with one attached hydrogen (secondary N) is 1. The summed E-state index contributed by atoms with van der Waals surface area (Å²) in [4.78, 5) is 2.44. The highest BCUT2D eigenvalue weighted by Crippen LogP contribution is 2.06. The molecule has 1 rings (SSSR count). The first-order valence-corrected chi connectivity index (χ1v) is 7.73. The third-order valence-corrected chi connectivity index (χ3v) is 3.74. The van der Waals surface area contributed by atoms with Gasteiger partial charge in [-0.15, -0.1) is 0 Å². The highest BCUT2D eigenvalue weighted by Gasteiger charge is 2.10. The van der Waals surface area contributed by atoms with E-state index in [4.69, 9.17) is 0 Å². The van der Waals surface area contributed by atoms with E-state index in [0.29, 0.717) is 0 Å². The topological polar surface area (TPSA) is 58.5 Å². The molecule has 0 amide bonds. The van der Waals surface area contributed by atoms with Gasteiger partial charge in [0.2, 0.25) is 0 Å². The molecule has 0 radical (unpaired) electrons. The fourth-order valence-corrected chi connectivity index (χ4v) is 2.32. The fourth-order valence-electron chi connectivity index (χ4n) is 1.49. The van der Waals surface area contributed by atoms with E-state index in [1.54, 1.807) is 36.5 Å². The summed E-state index contributed by atoms with van der Waals surface area (Å²) in [5.41, 5.74) is 0. The number of benzene rings is 1. The molecule has 0 unspecified atom stereocenters. The van der Waals surface area contributed by atoms with E-state index in [1.165, 1.54) is 12.8 Å². The number of sulfonamides is 1. The summed E-state index contributed by atoms with van der Waals surface area (Å²) >= 11 is 0. The van der Waals surface area contributed by atoms with Gasteiger partial charge in [0, 0.05) is 6.21 Å². The predicted molar refractivity (Wildman–Crippen MR) is 74.0 cm³/mol. The number of unbranched alkanes of at least 4 members (excludes halogenated alkanes) is 4. The Morgan fingerprint density at radius 1 is 1.17 bits per heavy atom. The number of nitrogens with zero attached hydrogens (tertiary/aromatic N) is 1. The molecular formula is C13H20N2O2S. The summed E-state index contributed by atoms with van der Waals surface area (Å²) < 4.78 is 23.5. The lowest BCUT2D eigenvalue weighted by Crippen LogP contribution is -2.18. The van der Waals surface area contributed by atoms with Gasteiger partial charge < -0.3 is 0 Å². The molecule has 0 aliphatic heterocycles. The van der Waals surface area contributed by atoms with E-state index in [1.807, 2.05) is 0 Å². The van der Waals surface area contributed by atoms with Gasteiger partial charge in [-0.1, -0.05) is 44.4 Å². The number of hydrazone groups is 1. The molecule has 1 N–H and O–H groups in total. The van der Waals surface area contributed by atoms with Crippen LogP contribution in [-0.2, 0) is 10.0 Å². The maximum atomic E-state index is 11.7. The largest absolute Gasteiger partial charge is 0.276 e. The second-order valence-electron chi connectivity index (χ2n) is 4.07. The molecule has 0 bridgehead atoms. The number of hydrogen-bond acceptors (Lipinski definition) is 3. The minimum atomic E-state index is -3.51. The van der Waals surface area contributed by atoms with Gasteiger partial charge in [-0.25, -0.2) is 4.83 Å².